The number of hydrogen-bond donors (Lipinski definition) is 1. The van der Waals surface area contributed by atoms with Gasteiger partial charge in [0.2, 0.25) is 11.8 Å². The van der Waals surface area contributed by atoms with Gasteiger partial charge in [-0.3, -0.25) is 4.79 Å². The van der Waals surface area contributed by atoms with E-state index in [4.69, 9.17) is 23.2 Å². The number of carbonyl (C=O) groups excluding carboxylic acids is 1. The van der Waals surface area contributed by atoms with Gasteiger partial charge in [-0.15, -0.1) is 0 Å². The predicted octanol–water partition coefficient (Wildman–Crippen LogP) is 7.35. The van der Waals surface area contributed by atoms with Gasteiger partial charge in [0.25, 0.3) is 0 Å². The number of rotatable bonds is 6. The van der Waals surface area contributed by atoms with Gasteiger partial charge in [-0.2, -0.15) is 0 Å². The molecule has 6 heteroatoms. The van der Waals surface area contributed by atoms with Crippen molar-refractivity contribution in [3.8, 4) is 0 Å². The highest BCUT2D eigenvalue weighted by atomic mass is 35.5. The Hall–Kier alpha value is -1.65. The van der Waals surface area contributed by atoms with Crippen molar-refractivity contribution in [1.29, 1.82) is 0 Å². The first-order chi connectivity index (χ1) is 13.6. The van der Waals surface area contributed by atoms with Gasteiger partial charge in [-0.1, -0.05) is 55.2 Å². The van der Waals surface area contributed by atoms with E-state index >= 15 is 0 Å². The summed E-state index contributed by atoms with van der Waals surface area (Å²) in [6.07, 6.45) is 0.666. The summed E-state index contributed by atoms with van der Waals surface area (Å²) in [5, 5.41) is 3.86. The van der Waals surface area contributed by atoms with E-state index in [0.29, 0.717) is 33.6 Å². The molecule has 2 aromatic carbocycles. The third-order valence-corrected chi connectivity index (χ3v) is 5.94. The van der Waals surface area contributed by atoms with E-state index in [1.807, 2.05) is 12.1 Å². The highest BCUT2D eigenvalue weighted by Crippen LogP contribution is 2.46. The van der Waals surface area contributed by atoms with E-state index < -0.39 is 17.8 Å². The summed E-state index contributed by atoms with van der Waals surface area (Å²) in [6, 6.07) is 12.4. The summed E-state index contributed by atoms with van der Waals surface area (Å²) in [5.41, 5.74) is 2.26. The third-order valence-electron chi connectivity index (χ3n) is 5.36. The van der Waals surface area contributed by atoms with Gasteiger partial charge in [0, 0.05) is 17.9 Å². The highest BCUT2D eigenvalue weighted by Gasteiger charge is 2.45. The Morgan fingerprint density at radius 1 is 1.17 bits per heavy atom. The van der Waals surface area contributed by atoms with Gasteiger partial charge in [-0.25, -0.2) is 8.78 Å². The van der Waals surface area contributed by atoms with Crippen LogP contribution in [-0.2, 0) is 11.2 Å². The minimum Gasteiger partial charge on any atom is -0.324 e. The van der Waals surface area contributed by atoms with Gasteiger partial charge >= 0.3 is 0 Å². The van der Waals surface area contributed by atoms with Crippen LogP contribution in [0.4, 0.5) is 14.5 Å². The molecule has 1 amide bonds. The Labute approximate surface area is 180 Å². The smallest absolute Gasteiger partial charge is 0.248 e. The Morgan fingerprint density at radius 3 is 2.45 bits per heavy atom. The zero-order valence-corrected chi connectivity index (χ0v) is 18.0. The Morgan fingerprint density at radius 2 is 1.86 bits per heavy atom. The molecule has 0 saturated heterocycles. The second-order valence-electron chi connectivity index (χ2n) is 8.29. The van der Waals surface area contributed by atoms with Crippen LogP contribution < -0.4 is 5.32 Å². The molecule has 2 aromatic rings. The van der Waals surface area contributed by atoms with Crippen LogP contribution in [0.2, 0.25) is 10.0 Å². The lowest BCUT2D eigenvalue weighted by molar-refractivity contribution is -0.118. The molecule has 0 aliphatic heterocycles. The lowest BCUT2D eigenvalue weighted by atomic mass is 9.84. The molecular weight excluding hydrogens is 415 g/mol. The number of anilines is 1. The molecule has 2 nitrogen and oxygen atoms in total. The van der Waals surface area contributed by atoms with Crippen LogP contribution in [0.25, 0.3) is 0 Å². The number of amides is 1. The van der Waals surface area contributed by atoms with Gasteiger partial charge in [0.05, 0.1) is 16.6 Å². The van der Waals surface area contributed by atoms with Crippen LogP contribution in [-0.4, -0.2) is 11.8 Å². The minimum atomic E-state index is -2.73. The molecule has 1 fully saturated rings. The van der Waals surface area contributed by atoms with Crippen molar-refractivity contribution in [2.45, 2.75) is 51.4 Å². The van der Waals surface area contributed by atoms with E-state index in [0.717, 1.165) is 12.0 Å². The normalized spacial score (nSPS) is 19.3. The number of alkyl halides is 2. The molecule has 1 aliphatic rings. The first kappa shape index (κ1) is 22.0. The summed E-state index contributed by atoms with van der Waals surface area (Å²) in [4.78, 5) is 13.2. The van der Waals surface area contributed by atoms with Crippen LogP contribution in [0.5, 0.6) is 0 Å². The first-order valence-corrected chi connectivity index (χ1v) is 10.6. The number of benzene rings is 2. The van der Waals surface area contributed by atoms with Crippen LogP contribution in [0.3, 0.4) is 0 Å². The second kappa shape index (κ2) is 9.01. The maximum absolute atomic E-state index is 13.9. The molecule has 1 saturated carbocycles. The molecule has 0 bridgehead atoms. The highest BCUT2D eigenvalue weighted by molar-refractivity contribution is 6.33. The van der Waals surface area contributed by atoms with Crippen molar-refractivity contribution in [3.63, 3.8) is 0 Å². The predicted molar refractivity (Wildman–Crippen MR) is 115 cm³/mol. The maximum Gasteiger partial charge on any atom is 0.248 e. The van der Waals surface area contributed by atoms with E-state index in [1.165, 1.54) is 0 Å². The molecule has 29 heavy (non-hydrogen) atoms. The van der Waals surface area contributed by atoms with Crippen LogP contribution >= 0.6 is 23.2 Å². The fourth-order valence-electron chi connectivity index (χ4n) is 4.05. The Balaban J connectivity index is 1.88. The van der Waals surface area contributed by atoms with E-state index in [9.17, 15) is 13.6 Å². The molecular formula is C23H25Cl2F2NO. The zero-order chi connectivity index (χ0) is 21.2. The van der Waals surface area contributed by atoms with Crippen LogP contribution in [0.15, 0.2) is 42.5 Å². The minimum absolute atomic E-state index is 0.195. The lowest BCUT2D eigenvalue weighted by Gasteiger charge is -2.24. The molecule has 2 atom stereocenters. The topological polar surface area (TPSA) is 29.1 Å². The van der Waals surface area contributed by atoms with Crippen molar-refractivity contribution < 1.29 is 13.6 Å². The average molecular weight is 440 g/mol. The fourth-order valence-corrected chi connectivity index (χ4v) is 4.34. The molecule has 0 radical (unpaired) electrons. The quantitative estimate of drug-likeness (QED) is 0.500. The number of carbonyl (C=O) groups is 1. The largest absolute Gasteiger partial charge is 0.324 e. The number of nitrogens with one attached hydrogen (secondary N) is 1. The Kier molecular flexibility index (Phi) is 6.85. The molecule has 156 valence electrons. The Bertz CT molecular complexity index is 868. The fraction of sp³-hybridized carbons (Fsp3) is 0.435. The van der Waals surface area contributed by atoms with Crippen molar-refractivity contribution in [2.75, 3.05) is 5.32 Å². The van der Waals surface area contributed by atoms with Crippen molar-refractivity contribution >= 4 is 34.8 Å². The molecule has 0 heterocycles. The van der Waals surface area contributed by atoms with Crippen molar-refractivity contribution in [2.24, 2.45) is 11.8 Å². The average Bonchev–Trinajstić information content (AvgIpc) is 2.99. The summed E-state index contributed by atoms with van der Waals surface area (Å²) < 4.78 is 27.8. The molecule has 0 aromatic heterocycles. The molecule has 3 rings (SSSR count). The molecule has 1 aliphatic carbocycles. The summed E-state index contributed by atoms with van der Waals surface area (Å²) in [6.45, 7) is 4.23. The van der Waals surface area contributed by atoms with Crippen molar-refractivity contribution in [3.05, 3.63) is 63.6 Å². The van der Waals surface area contributed by atoms with Gasteiger partial charge in [-0.05, 0) is 60.1 Å². The molecule has 0 spiro atoms. The molecule has 1 N–H and O–H groups in total. The maximum atomic E-state index is 13.9. The second-order valence-corrected chi connectivity index (χ2v) is 9.13. The zero-order valence-electron chi connectivity index (χ0n) is 16.5. The van der Waals surface area contributed by atoms with Gasteiger partial charge < -0.3 is 5.32 Å². The van der Waals surface area contributed by atoms with Gasteiger partial charge in [0.1, 0.15) is 0 Å². The first-order valence-electron chi connectivity index (χ1n) is 9.87. The van der Waals surface area contributed by atoms with Gasteiger partial charge in [0.15, 0.2) is 0 Å². The lowest BCUT2D eigenvalue weighted by Crippen LogP contribution is -2.27. The number of halogens is 4. The van der Waals surface area contributed by atoms with E-state index in [-0.39, 0.29) is 18.7 Å². The van der Waals surface area contributed by atoms with E-state index in [1.54, 1.807) is 30.3 Å². The summed E-state index contributed by atoms with van der Waals surface area (Å²) in [7, 11) is 0. The number of hydrogen-bond acceptors (Lipinski definition) is 1. The summed E-state index contributed by atoms with van der Waals surface area (Å²) >= 11 is 12.3. The SMILES string of the molecule is CC(C)Cc1ccc(Cl)c(NC(=O)[C@H](c2ccc(Cl)cc2)C2CCC(F)(F)C2)c1. The standard InChI is InChI=1S/C23H25Cl2F2NO/c1-14(2)11-15-3-8-19(25)20(12-15)28-22(29)21(16-4-6-18(24)7-5-16)17-9-10-23(26,27)13-17/h3-8,12,14,17,21H,9-11,13H2,1-2H3,(H,28,29)/t17?,21-/m1/s1. The monoisotopic (exact) mass is 439 g/mol. The van der Waals surface area contributed by atoms with Crippen LogP contribution in [0, 0.1) is 11.8 Å². The van der Waals surface area contributed by atoms with Crippen molar-refractivity contribution in [1.82, 2.24) is 0 Å². The van der Waals surface area contributed by atoms with Crippen LogP contribution in [0.1, 0.15) is 50.2 Å². The van der Waals surface area contributed by atoms with E-state index in [2.05, 4.69) is 19.2 Å². The summed E-state index contributed by atoms with van der Waals surface area (Å²) in [5.74, 6) is -3.72. The third kappa shape index (κ3) is 5.70. The molecule has 1 unspecified atom stereocenters.